The van der Waals surface area contributed by atoms with Crippen molar-refractivity contribution in [3.05, 3.63) is 40.9 Å². The SMILES string of the molecule is CC[C@H](CO)n1cnc2ccccc2c1=O. The van der Waals surface area contributed by atoms with Gasteiger partial charge < -0.3 is 5.11 Å². The lowest BCUT2D eigenvalue weighted by Crippen LogP contribution is -2.26. The lowest BCUT2D eigenvalue weighted by molar-refractivity contribution is 0.221. The number of aromatic nitrogens is 2. The molecule has 0 saturated carbocycles. The maximum absolute atomic E-state index is 12.1. The minimum absolute atomic E-state index is 0.0452. The summed E-state index contributed by atoms with van der Waals surface area (Å²) >= 11 is 0. The molecule has 1 aromatic heterocycles. The molecular formula is C12H14N2O2. The highest BCUT2D eigenvalue weighted by Crippen LogP contribution is 2.10. The van der Waals surface area contributed by atoms with Gasteiger partial charge in [0, 0.05) is 0 Å². The largest absolute Gasteiger partial charge is 0.394 e. The number of benzene rings is 1. The lowest BCUT2D eigenvalue weighted by Gasteiger charge is -2.15. The summed E-state index contributed by atoms with van der Waals surface area (Å²) in [5.74, 6) is 0. The second-order valence-electron chi connectivity index (χ2n) is 3.72. The Morgan fingerprint density at radius 3 is 2.88 bits per heavy atom. The van der Waals surface area contributed by atoms with Crippen LogP contribution in [0.4, 0.5) is 0 Å². The molecule has 84 valence electrons. The van der Waals surface area contributed by atoms with E-state index in [1.807, 2.05) is 19.1 Å². The molecule has 0 spiro atoms. The summed E-state index contributed by atoms with van der Waals surface area (Å²) in [5, 5.41) is 9.78. The molecule has 1 aromatic carbocycles. The highest BCUT2D eigenvalue weighted by molar-refractivity contribution is 5.76. The molecule has 0 aliphatic heterocycles. The third kappa shape index (κ3) is 1.72. The maximum atomic E-state index is 12.1. The minimum atomic E-state index is -0.190. The predicted octanol–water partition coefficient (Wildman–Crippen LogP) is 1.34. The van der Waals surface area contributed by atoms with Crippen LogP contribution in [-0.4, -0.2) is 21.3 Å². The molecule has 1 atom stereocenters. The van der Waals surface area contributed by atoms with Gasteiger partial charge in [-0.2, -0.15) is 0 Å². The summed E-state index contributed by atoms with van der Waals surface area (Å²) < 4.78 is 1.50. The molecule has 2 aromatic rings. The van der Waals surface area contributed by atoms with Gasteiger partial charge in [0.15, 0.2) is 0 Å². The molecule has 1 heterocycles. The molecule has 0 amide bonds. The van der Waals surface area contributed by atoms with E-state index in [0.717, 1.165) is 0 Å². The Bertz CT molecular complexity index is 544. The predicted molar refractivity (Wildman–Crippen MR) is 62.4 cm³/mol. The normalized spacial score (nSPS) is 12.9. The molecule has 2 rings (SSSR count). The van der Waals surface area contributed by atoms with Crippen molar-refractivity contribution in [3.63, 3.8) is 0 Å². The van der Waals surface area contributed by atoms with E-state index in [1.54, 1.807) is 12.1 Å². The average Bonchev–Trinajstić information content (AvgIpc) is 2.34. The fourth-order valence-electron chi connectivity index (χ4n) is 1.76. The number of para-hydroxylation sites is 1. The minimum Gasteiger partial charge on any atom is -0.394 e. The van der Waals surface area contributed by atoms with E-state index in [9.17, 15) is 9.90 Å². The Balaban J connectivity index is 2.65. The van der Waals surface area contributed by atoms with Crippen molar-refractivity contribution < 1.29 is 5.11 Å². The molecule has 0 aliphatic rings. The number of aliphatic hydroxyl groups excluding tert-OH is 1. The van der Waals surface area contributed by atoms with E-state index >= 15 is 0 Å². The standard InChI is InChI=1S/C12H14N2O2/c1-2-9(7-15)14-8-13-11-6-4-3-5-10(11)12(14)16/h3-6,8-9,15H,2,7H2,1H3/t9-/m1/s1. The van der Waals surface area contributed by atoms with Crippen molar-refractivity contribution in [2.24, 2.45) is 0 Å². The summed E-state index contributed by atoms with van der Waals surface area (Å²) in [4.78, 5) is 16.3. The van der Waals surface area contributed by atoms with Gasteiger partial charge in [0.05, 0.1) is 29.9 Å². The number of nitrogens with zero attached hydrogens (tertiary/aromatic N) is 2. The van der Waals surface area contributed by atoms with E-state index in [0.29, 0.717) is 17.3 Å². The van der Waals surface area contributed by atoms with Crippen LogP contribution < -0.4 is 5.56 Å². The summed E-state index contributed by atoms with van der Waals surface area (Å²) in [5.41, 5.74) is 0.600. The Hall–Kier alpha value is -1.68. The molecule has 0 fully saturated rings. The van der Waals surface area contributed by atoms with E-state index in [-0.39, 0.29) is 18.2 Å². The van der Waals surface area contributed by atoms with Gasteiger partial charge in [0.1, 0.15) is 0 Å². The highest BCUT2D eigenvalue weighted by atomic mass is 16.3. The van der Waals surface area contributed by atoms with Crippen molar-refractivity contribution >= 4 is 10.9 Å². The van der Waals surface area contributed by atoms with Gasteiger partial charge >= 0.3 is 0 Å². The van der Waals surface area contributed by atoms with Crippen LogP contribution in [0.25, 0.3) is 10.9 Å². The van der Waals surface area contributed by atoms with Crippen LogP contribution in [0.15, 0.2) is 35.4 Å². The maximum Gasteiger partial charge on any atom is 0.261 e. The second kappa shape index (κ2) is 4.45. The van der Waals surface area contributed by atoms with E-state index in [4.69, 9.17) is 0 Å². The Labute approximate surface area is 93.2 Å². The van der Waals surface area contributed by atoms with Crippen molar-refractivity contribution in [3.8, 4) is 0 Å². The van der Waals surface area contributed by atoms with Crippen LogP contribution in [0.2, 0.25) is 0 Å². The molecule has 0 saturated heterocycles. The first-order valence-electron chi connectivity index (χ1n) is 5.34. The zero-order valence-corrected chi connectivity index (χ0v) is 9.13. The summed E-state index contributed by atoms with van der Waals surface area (Å²) in [6, 6.07) is 7.04. The van der Waals surface area contributed by atoms with Gasteiger partial charge in [-0.25, -0.2) is 4.98 Å². The Morgan fingerprint density at radius 1 is 1.44 bits per heavy atom. The fourth-order valence-corrected chi connectivity index (χ4v) is 1.76. The monoisotopic (exact) mass is 218 g/mol. The smallest absolute Gasteiger partial charge is 0.261 e. The molecular weight excluding hydrogens is 204 g/mol. The zero-order valence-electron chi connectivity index (χ0n) is 9.13. The van der Waals surface area contributed by atoms with Crippen molar-refractivity contribution in [1.82, 2.24) is 9.55 Å². The van der Waals surface area contributed by atoms with Crippen molar-refractivity contribution in [1.29, 1.82) is 0 Å². The highest BCUT2D eigenvalue weighted by Gasteiger charge is 2.11. The third-order valence-electron chi connectivity index (χ3n) is 2.77. The third-order valence-corrected chi connectivity index (χ3v) is 2.77. The first-order valence-corrected chi connectivity index (χ1v) is 5.34. The number of rotatable bonds is 3. The van der Waals surface area contributed by atoms with Crippen LogP contribution in [0, 0.1) is 0 Å². The van der Waals surface area contributed by atoms with Crippen LogP contribution in [0.3, 0.4) is 0 Å². The average molecular weight is 218 g/mol. The first-order chi connectivity index (χ1) is 7.77. The molecule has 0 bridgehead atoms. The summed E-state index contributed by atoms with van der Waals surface area (Å²) in [6.45, 7) is 1.89. The van der Waals surface area contributed by atoms with Gasteiger partial charge in [-0.3, -0.25) is 9.36 Å². The Kier molecular flexibility index (Phi) is 3.01. The molecule has 4 nitrogen and oxygen atoms in total. The number of fused-ring (bicyclic) bond motifs is 1. The number of hydrogen-bond acceptors (Lipinski definition) is 3. The van der Waals surface area contributed by atoms with Gasteiger partial charge in [-0.15, -0.1) is 0 Å². The Morgan fingerprint density at radius 2 is 2.19 bits per heavy atom. The molecule has 0 unspecified atom stereocenters. The quantitative estimate of drug-likeness (QED) is 0.845. The summed E-state index contributed by atoms with van der Waals surface area (Å²) in [6.07, 6.45) is 2.21. The van der Waals surface area contributed by atoms with Crippen LogP contribution in [-0.2, 0) is 0 Å². The van der Waals surface area contributed by atoms with E-state index in [1.165, 1.54) is 10.9 Å². The number of hydrogen-bond donors (Lipinski definition) is 1. The molecule has 1 N–H and O–H groups in total. The molecule has 0 radical (unpaired) electrons. The second-order valence-corrected chi connectivity index (χ2v) is 3.72. The van der Waals surface area contributed by atoms with E-state index in [2.05, 4.69) is 4.98 Å². The number of aliphatic hydroxyl groups is 1. The van der Waals surface area contributed by atoms with Gasteiger partial charge in [0.2, 0.25) is 0 Å². The van der Waals surface area contributed by atoms with Gasteiger partial charge in [0.25, 0.3) is 5.56 Å². The lowest BCUT2D eigenvalue weighted by atomic mass is 10.2. The summed E-state index contributed by atoms with van der Waals surface area (Å²) in [7, 11) is 0. The molecule has 4 heteroatoms. The van der Waals surface area contributed by atoms with E-state index < -0.39 is 0 Å². The van der Waals surface area contributed by atoms with Crippen molar-refractivity contribution in [2.45, 2.75) is 19.4 Å². The zero-order chi connectivity index (χ0) is 11.5. The van der Waals surface area contributed by atoms with Crippen LogP contribution >= 0.6 is 0 Å². The molecule has 0 aliphatic carbocycles. The van der Waals surface area contributed by atoms with Crippen molar-refractivity contribution in [2.75, 3.05) is 6.61 Å². The first kappa shape index (κ1) is 10.8. The fraction of sp³-hybridized carbons (Fsp3) is 0.333. The van der Waals surface area contributed by atoms with Gasteiger partial charge in [-0.1, -0.05) is 19.1 Å². The van der Waals surface area contributed by atoms with Gasteiger partial charge in [-0.05, 0) is 18.6 Å². The molecule has 16 heavy (non-hydrogen) atoms. The topological polar surface area (TPSA) is 55.1 Å². The van der Waals surface area contributed by atoms with Crippen LogP contribution in [0.5, 0.6) is 0 Å². The van der Waals surface area contributed by atoms with Crippen LogP contribution in [0.1, 0.15) is 19.4 Å².